The maximum Gasteiger partial charge on any atom is 0.195 e. The van der Waals surface area contributed by atoms with E-state index in [-0.39, 0.29) is 0 Å². The van der Waals surface area contributed by atoms with Crippen LogP contribution in [-0.4, -0.2) is 70.0 Å². The average Bonchev–Trinajstić information content (AvgIpc) is 2.92. The fourth-order valence-corrected chi connectivity index (χ4v) is 3.21. The number of aliphatic imine (C=N–C) groups is 1. The fourth-order valence-electron chi connectivity index (χ4n) is 3.21. The van der Waals surface area contributed by atoms with Crippen molar-refractivity contribution in [1.29, 1.82) is 0 Å². The van der Waals surface area contributed by atoms with Gasteiger partial charge in [0.15, 0.2) is 17.5 Å². The van der Waals surface area contributed by atoms with Crippen molar-refractivity contribution >= 4 is 11.6 Å². The third kappa shape index (κ3) is 6.29. The number of hydrogen-bond donors (Lipinski definition) is 2. The zero-order chi connectivity index (χ0) is 18.9. The molecule has 0 saturated carbocycles. The van der Waals surface area contributed by atoms with E-state index in [1.54, 1.807) is 0 Å². The molecule has 2 aliphatic rings. The van der Waals surface area contributed by atoms with Crippen LogP contribution < -0.4 is 20.1 Å². The Morgan fingerprint density at radius 1 is 1.15 bits per heavy atom. The van der Waals surface area contributed by atoms with Gasteiger partial charge in [-0.2, -0.15) is 0 Å². The second kappa shape index (κ2) is 10.4. The number of hydrogen-bond acceptors (Lipinski definition) is 5. The molecule has 0 aliphatic carbocycles. The minimum absolute atomic E-state index is 0.488. The zero-order valence-electron chi connectivity index (χ0n) is 16.5. The van der Waals surface area contributed by atoms with Gasteiger partial charge in [-0.05, 0) is 25.0 Å². The molecule has 0 radical (unpaired) electrons. The maximum absolute atomic E-state index is 5.77. The van der Waals surface area contributed by atoms with Crippen LogP contribution in [0.3, 0.4) is 0 Å². The zero-order valence-corrected chi connectivity index (χ0v) is 16.5. The van der Waals surface area contributed by atoms with E-state index < -0.39 is 0 Å². The third-order valence-corrected chi connectivity index (χ3v) is 4.59. The van der Waals surface area contributed by atoms with Gasteiger partial charge >= 0.3 is 0 Å². The molecule has 2 heterocycles. The van der Waals surface area contributed by atoms with Gasteiger partial charge < -0.3 is 24.8 Å². The summed E-state index contributed by atoms with van der Waals surface area (Å²) in [6, 6.07) is 5.93. The standard InChI is InChI=1S/C20H32N4O3/c1-3-21-20(22-14-16(2)15-24-7-11-25-12-8-24)23-17-5-6-18-19(13-17)27-10-4-9-26-18/h5-6,13,16H,3-4,7-12,14-15H2,1-2H3,(H2,21,22,23). The molecule has 0 spiro atoms. The summed E-state index contributed by atoms with van der Waals surface area (Å²) in [5.74, 6) is 2.87. The summed E-state index contributed by atoms with van der Waals surface area (Å²) in [6.07, 6.45) is 0.905. The van der Waals surface area contributed by atoms with Crippen LogP contribution in [0.4, 0.5) is 5.69 Å². The lowest BCUT2D eigenvalue weighted by Gasteiger charge is -2.28. The highest BCUT2D eigenvalue weighted by Gasteiger charge is 2.14. The van der Waals surface area contributed by atoms with E-state index in [0.29, 0.717) is 19.1 Å². The van der Waals surface area contributed by atoms with E-state index in [2.05, 4.69) is 29.4 Å². The smallest absolute Gasteiger partial charge is 0.195 e. The molecule has 0 bridgehead atoms. The Morgan fingerprint density at radius 3 is 2.70 bits per heavy atom. The fraction of sp³-hybridized carbons (Fsp3) is 0.650. The number of guanidine groups is 1. The van der Waals surface area contributed by atoms with Gasteiger partial charge in [-0.15, -0.1) is 0 Å². The Morgan fingerprint density at radius 2 is 1.93 bits per heavy atom. The second-order valence-electron chi connectivity index (χ2n) is 7.07. The Labute approximate surface area is 162 Å². The molecule has 2 aliphatic heterocycles. The molecule has 3 rings (SSSR count). The lowest BCUT2D eigenvalue weighted by Crippen LogP contribution is -2.39. The molecule has 7 nitrogen and oxygen atoms in total. The van der Waals surface area contributed by atoms with E-state index in [4.69, 9.17) is 19.2 Å². The molecule has 0 aromatic heterocycles. The third-order valence-electron chi connectivity index (χ3n) is 4.59. The molecule has 2 N–H and O–H groups in total. The van der Waals surface area contributed by atoms with Gasteiger partial charge in [0.2, 0.25) is 0 Å². The number of nitrogens with zero attached hydrogens (tertiary/aromatic N) is 2. The Hall–Kier alpha value is -1.99. The van der Waals surface area contributed by atoms with Gasteiger partial charge in [-0.1, -0.05) is 6.92 Å². The summed E-state index contributed by atoms with van der Waals surface area (Å²) in [5, 5.41) is 6.69. The normalized spacial score (nSPS) is 19.3. The van der Waals surface area contributed by atoms with E-state index in [1.807, 2.05) is 18.2 Å². The van der Waals surface area contributed by atoms with E-state index >= 15 is 0 Å². The van der Waals surface area contributed by atoms with E-state index in [9.17, 15) is 0 Å². The molecule has 1 aromatic carbocycles. The summed E-state index contributed by atoms with van der Waals surface area (Å²) in [6.45, 7) is 12.1. The summed E-state index contributed by atoms with van der Waals surface area (Å²) in [7, 11) is 0. The van der Waals surface area contributed by atoms with Crippen molar-refractivity contribution in [2.75, 3.05) is 64.5 Å². The van der Waals surface area contributed by atoms with Crippen molar-refractivity contribution in [3.05, 3.63) is 18.2 Å². The van der Waals surface area contributed by atoms with Crippen LogP contribution in [0.25, 0.3) is 0 Å². The van der Waals surface area contributed by atoms with Gasteiger partial charge in [0.25, 0.3) is 0 Å². The molecule has 1 unspecified atom stereocenters. The van der Waals surface area contributed by atoms with Crippen molar-refractivity contribution in [3.8, 4) is 11.5 Å². The highest BCUT2D eigenvalue weighted by molar-refractivity contribution is 5.93. The molecule has 1 aromatic rings. The quantitative estimate of drug-likeness (QED) is 0.586. The van der Waals surface area contributed by atoms with Crippen LogP contribution in [0.5, 0.6) is 11.5 Å². The minimum atomic E-state index is 0.488. The molecule has 0 amide bonds. The van der Waals surface area contributed by atoms with Crippen LogP contribution in [0.1, 0.15) is 20.3 Å². The van der Waals surface area contributed by atoms with Crippen molar-refractivity contribution in [2.24, 2.45) is 10.9 Å². The Bertz CT molecular complexity index is 617. The van der Waals surface area contributed by atoms with Gasteiger partial charge in [-0.3, -0.25) is 9.89 Å². The summed E-state index contributed by atoms with van der Waals surface area (Å²) in [4.78, 5) is 7.22. The Balaban J connectivity index is 1.57. The average molecular weight is 377 g/mol. The van der Waals surface area contributed by atoms with Gasteiger partial charge in [0, 0.05) is 50.9 Å². The lowest BCUT2D eigenvalue weighted by molar-refractivity contribution is 0.0323. The van der Waals surface area contributed by atoms with Crippen LogP contribution >= 0.6 is 0 Å². The molecular formula is C20H32N4O3. The van der Waals surface area contributed by atoms with Crippen LogP contribution in [0.15, 0.2) is 23.2 Å². The maximum atomic E-state index is 5.77. The van der Waals surface area contributed by atoms with Crippen molar-refractivity contribution in [3.63, 3.8) is 0 Å². The highest BCUT2D eigenvalue weighted by Crippen LogP contribution is 2.32. The number of anilines is 1. The molecular weight excluding hydrogens is 344 g/mol. The molecule has 1 fully saturated rings. The van der Waals surface area contributed by atoms with Crippen molar-refractivity contribution in [1.82, 2.24) is 10.2 Å². The molecule has 1 saturated heterocycles. The lowest BCUT2D eigenvalue weighted by atomic mass is 10.1. The summed E-state index contributed by atoms with van der Waals surface area (Å²) < 4.78 is 16.9. The van der Waals surface area contributed by atoms with Crippen molar-refractivity contribution in [2.45, 2.75) is 20.3 Å². The second-order valence-corrected chi connectivity index (χ2v) is 7.07. The van der Waals surface area contributed by atoms with Gasteiger partial charge in [0.05, 0.1) is 26.4 Å². The number of ether oxygens (including phenoxy) is 3. The molecule has 150 valence electrons. The summed E-state index contributed by atoms with van der Waals surface area (Å²) >= 11 is 0. The monoisotopic (exact) mass is 376 g/mol. The topological polar surface area (TPSA) is 67.4 Å². The van der Waals surface area contributed by atoms with Gasteiger partial charge in [-0.25, -0.2) is 0 Å². The number of rotatable bonds is 6. The molecule has 27 heavy (non-hydrogen) atoms. The van der Waals surface area contributed by atoms with Crippen molar-refractivity contribution < 1.29 is 14.2 Å². The van der Waals surface area contributed by atoms with E-state index in [0.717, 1.165) is 75.5 Å². The number of nitrogens with one attached hydrogen (secondary N) is 2. The first-order valence-electron chi connectivity index (χ1n) is 9.99. The van der Waals surface area contributed by atoms with Crippen LogP contribution in [-0.2, 0) is 4.74 Å². The SMILES string of the molecule is CCNC(=NCC(C)CN1CCOCC1)Nc1ccc2c(c1)OCCCO2. The van der Waals surface area contributed by atoms with E-state index in [1.165, 1.54) is 0 Å². The minimum Gasteiger partial charge on any atom is -0.490 e. The summed E-state index contributed by atoms with van der Waals surface area (Å²) in [5.41, 5.74) is 0.944. The molecule has 7 heteroatoms. The van der Waals surface area contributed by atoms with Crippen LogP contribution in [0, 0.1) is 5.92 Å². The van der Waals surface area contributed by atoms with Crippen LogP contribution in [0.2, 0.25) is 0 Å². The first kappa shape index (κ1) is 19.8. The molecule has 1 atom stereocenters. The number of fused-ring (bicyclic) bond motifs is 1. The largest absolute Gasteiger partial charge is 0.490 e. The predicted molar refractivity (Wildman–Crippen MR) is 108 cm³/mol. The predicted octanol–water partition coefficient (Wildman–Crippen LogP) is 2.19. The first-order valence-corrected chi connectivity index (χ1v) is 9.99. The number of morpholine rings is 1. The number of benzene rings is 1. The van der Waals surface area contributed by atoms with Gasteiger partial charge in [0.1, 0.15) is 0 Å². The first-order chi connectivity index (χ1) is 13.2. The Kier molecular flexibility index (Phi) is 7.59. The highest BCUT2D eigenvalue weighted by atomic mass is 16.5.